The molecule has 0 spiro atoms. The maximum absolute atomic E-state index is 13.9. The van der Waals surface area contributed by atoms with Crippen molar-refractivity contribution in [2.75, 3.05) is 26.2 Å². The van der Waals surface area contributed by atoms with Gasteiger partial charge in [-0.25, -0.2) is 13.8 Å². The normalized spacial score (nSPS) is 14.8. The second-order valence-corrected chi connectivity index (χ2v) is 7.38. The highest BCUT2D eigenvalue weighted by Crippen LogP contribution is 2.24. The van der Waals surface area contributed by atoms with Crippen molar-refractivity contribution in [3.63, 3.8) is 0 Å². The molecule has 1 saturated heterocycles. The van der Waals surface area contributed by atoms with Crippen LogP contribution >= 0.6 is 0 Å². The van der Waals surface area contributed by atoms with Crippen LogP contribution in [0, 0.1) is 11.6 Å². The van der Waals surface area contributed by atoms with Gasteiger partial charge in [-0.2, -0.15) is 0 Å². The van der Waals surface area contributed by atoms with Crippen molar-refractivity contribution in [1.82, 2.24) is 14.8 Å². The van der Waals surface area contributed by atoms with Crippen LogP contribution in [0.25, 0.3) is 11.3 Å². The SMILES string of the molecule is O=C(CCc1ncc(-c2ccc(F)cc2F)o1)N1CCN(Cc2ccccc2)CC1. The molecule has 1 fully saturated rings. The lowest BCUT2D eigenvalue weighted by atomic mass is 10.2. The molecule has 0 bridgehead atoms. The van der Waals surface area contributed by atoms with Crippen LogP contribution < -0.4 is 0 Å². The van der Waals surface area contributed by atoms with Crippen molar-refractivity contribution in [2.45, 2.75) is 19.4 Å². The summed E-state index contributed by atoms with van der Waals surface area (Å²) in [6, 6.07) is 13.6. The van der Waals surface area contributed by atoms with E-state index in [2.05, 4.69) is 22.0 Å². The van der Waals surface area contributed by atoms with E-state index in [1.165, 1.54) is 23.9 Å². The molecule has 1 aliphatic rings. The molecule has 156 valence electrons. The fourth-order valence-corrected chi connectivity index (χ4v) is 3.61. The van der Waals surface area contributed by atoms with E-state index in [1.807, 2.05) is 23.1 Å². The van der Waals surface area contributed by atoms with Crippen molar-refractivity contribution in [3.05, 3.63) is 77.8 Å². The molecule has 30 heavy (non-hydrogen) atoms. The number of rotatable bonds is 6. The number of carbonyl (C=O) groups is 1. The third kappa shape index (κ3) is 4.91. The van der Waals surface area contributed by atoms with Crippen LogP contribution in [0.15, 0.2) is 59.1 Å². The smallest absolute Gasteiger partial charge is 0.223 e. The van der Waals surface area contributed by atoms with E-state index < -0.39 is 11.6 Å². The van der Waals surface area contributed by atoms with Gasteiger partial charge in [-0.3, -0.25) is 9.69 Å². The van der Waals surface area contributed by atoms with Crippen molar-refractivity contribution >= 4 is 5.91 Å². The van der Waals surface area contributed by atoms with Crippen molar-refractivity contribution in [2.24, 2.45) is 0 Å². The van der Waals surface area contributed by atoms with Crippen molar-refractivity contribution in [1.29, 1.82) is 0 Å². The molecule has 1 aliphatic heterocycles. The number of nitrogens with zero attached hydrogens (tertiary/aromatic N) is 3. The Morgan fingerprint density at radius 2 is 1.80 bits per heavy atom. The highest BCUT2D eigenvalue weighted by Gasteiger charge is 2.21. The summed E-state index contributed by atoms with van der Waals surface area (Å²) in [5.41, 5.74) is 1.42. The molecule has 0 radical (unpaired) electrons. The quantitative estimate of drug-likeness (QED) is 0.617. The molecule has 0 aliphatic carbocycles. The molecular formula is C23H23F2N3O2. The van der Waals surface area contributed by atoms with Gasteiger partial charge in [0, 0.05) is 51.6 Å². The lowest BCUT2D eigenvalue weighted by Gasteiger charge is -2.34. The summed E-state index contributed by atoms with van der Waals surface area (Å²) in [5, 5.41) is 0. The molecule has 0 saturated carbocycles. The minimum absolute atomic E-state index is 0.0575. The number of aryl methyl sites for hydroxylation is 1. The summed E-state index contributed by atoms with van der Waals surface area (Å²) in [4.78, 5) is 20.9. The van der Waals surface area contributed by atoms with Crippen LogP contribution in [-0.4, -0.2) is 46.9 Å². The van der Waals surface area contributed by atoms with E-state index in [0.717, 1.165) is 25.7 Å². The minimum atomic E-state index is -0.706. The molecule has 1 aromatic heterocycles. The number of benzene rings is 2. The Labute approximate surface area is 173 Å². The fourth-order valence-electron chi connectivity index (χ4n) is 3.61. The summed E-state index contributed by atoms with van der Waals surface area (Å²) in [6.07, 6.45) is 2.02. The monoisotopic (exact) mass is 411 g/mol. The molecular weight excluding hydrogens is 388 g/mol. The van der Waals surface area contributed by atoms with Gasteiger partial charge >= 0.3 is 0 Å². The highest BCUT2D eigenvalue weighted by atomic mass is 19.1. The largest absolute Gasteiger partial charge is 0.441 e. The topological polar surface area (TPSA) is 49.6 Å². The van der Waals surface area contributed by atoms with Crippen LogP contribution in [0.4, 0.5) is 8.78 Å². The van der Waals surface area contributed by atoms with E-state index in [9.17, 15) is 13.6 Å². The van der Waals surface area contributed by atoms with E-state index >= 15 is 0 Å². The third-order valence-electron chi connectivity index (χ3n) is 5.28. The zero-order chi connectivity index (χ0) is 20.9. The number of aromatic nitrogens is 1. The summed E-state index contributed by atoms with van der Waals surface area (Å²) in [7, 11) is 0. The van der Waals surface area contributed by atoms with Crippen molar-refractivity contribution in [3.8, 4) is 11.3 Å². The molecule has 1 amide bonds. The first-order chi connectivity index (χ1) is 14.6. The predicted molar refractivity (Wildman–Crippen MR) is 108 cm³/mol. The van der Waals surface area contributed by atoms with Gasteiger partial charge in [0.05, 0.1) is 11.8 Å². The van der Waals surface area contributed by atoms with Crippen LogP contribution in [0.5, 0.6) is 0 Å². The Morgan fingerprint density at radius 1 is 1.03 bits per heavy atom. The molecule has 5 nitrogen and oxygen atoms in total. The molecule has 2 heterocycles. The van der Waals surface area contributed by atoms with Gasteiger partial charge in [-0.15, -0.1) is 0 Å². The Kier molecular flexibility index (Phi) is 6.18. The van der Waals surface area contributed by atoms with Crippen LogP contribution in [0.1, 0.15) is 17.9 Å². The Bertz CT molecular complexity index is 999. The first-order valence-electron chi connectivity index (χ1n) is 10.0. The number of oxazole rings is 1. The van der Waals surface area contributed by atoms with Crippen LogP contribution in [0.3, 0.4) is 0 Å². The molecule has 3 aromatic rings. The lowest BCUT2D eigenvalue weighted by molar-refractivity contribution is -0.133. The second kappa shape index (κ2) is 9.17. The maximum atomic E-state index is 13.9. The Hall–Kier alpha value is -3.06. The number of amides is 1. The van der Waals surface area contributed by atoms with Gasteiger partial charge in [-0.05, 0) is 17.7 Å². The molecule has 0 unspecified atom stereocenters. The van der Waals surface area contributed by atoms with Gasteiger partial charge in [0.25, 0.3) is 0 Å². The predicted octanol–water partition coefficient (Wildman–Crippen LogP) is 3.90. The Morgan fingerprint density at radius 3 is 2.53 bits per heavy atom. The van der Waals surface area contributed by atoms with Crippen molar-refractivity contribution < 1.29 is 18.0 Å². The van der Waals surface area contributed by atoms with Crippen LogP contribution in [-0.2, 0) is 17.8 Å². The third-order valence-corrected chi connectivity index (χ3v) is 5.28. The first kappa shape index (κ1) is 20.2. The number of piperazine rings is 1. The minimum Gasteiger partial charge on any atom is -0.441 e. The van der Waals surface area contributed by atoms with Crippen LogP contribution in [0.2, 0.25) is 0 Å². The molecule has 4 rings (SSSR count). The van der Waals surface area contributed by atoms with Gasteiger partial charge in [0.15, 0.2) is 11.7 Å². The number of carbonyl (C=O) groups excluding carboxylic acids is 1. The summed E-state index contributed by atoms with van der Waals surface area (Å²) < 4.78 is 32.5. The highest BCUT2D eigenvalue weighted by molar-refractivity contribution is 5.76. The summed E-state index contributed by atoms with van der Waals surface area (Å²) >= 11 is 0. The van der Waals surface area contributed by atoms with Gasteiger partial charge < -0.3 is 9.32 Å². The summed E-state index contributed by atoms with van der Waals surface area (Å²) in [6.45, 7) is 3.97. The average Bonchev–Trinajstić information content (AvgIpc) is 3.22. The van der Waals surface area contributed by atoms with Gasteiger partial charge in [0.2, 0.25) is 5.91 Å². The maximum Gasteiger partial charge on any atom is 0.223 e. The van der Waals surface area contributed by atoms with E-state index in [0.29, 0.717) is 25.4 Å². The Balaban J connectivity index is 1.26. The number of hydrogen-bond donors (Lipinski definition) is 0. The molecule has 2 aromatic carbocycles. The zero-order valence-corrected chi connectivity index (χ0v) is 16.6. The lowest BCUT2D eigenvalue weighted by Crippen LogP contribution is -2.48. The number of halogens is 2. The molecule has 0 atom stereocenters. The first-order valence-corrected chi connectivity index (χ1v) is 10.0. The fraction of sp³-hybridized carbons (Fsp3) is 0.304. The van der Waals surface area contributed by atoms with Gasteiger partial charge in [-0.1, -0.05) is 30.3 Å². The molecule has 0 N–H and O–H groups in total. The average molecular weight is 411 g/mol. The van der Waals surface area contributed by atoms with E-state index in [-0.39, 0.29) is 23.7 Å². The second-order valence-electron chi connectivity index (χ2n) is 7.38. The molecule has 7 heteroatoms. The zero-order valence-electron chi connectivity index (χ0n) is 16.6. The van der Waals surface area contributed by atoms with E-state index in [4.69, 9.17) is 4.42 Å². The standard InChI is InChI=1S/C23H23F2N3O2/c24-18-6-7-19(20(25)14-18)21-15-26-22(30-21)8-9-23(29)28-12-10-27(11-13-28)16-17-4-2-1-3-5-17/h1-7,14-15H,8-13,16H2. The van der Waals surface area contributed by atoms with Gasteiger partial charge in [0.1, 0.15) is 11.6 Å². The van der Waals surface area contributed by atoms with E-state index in [1.54, 1.807) is 0 Å². The number of hydrogen-bond acceptors (Lipinski definition) is 4. The summed E-state index contributed by atoms with van der Waals surface area (Å²) in [5.74, 6) is -0.705.